The van der Waals surface area contributed by atoms with Gasteiger partial charge in [-0.3, -0.25) is 4.79 Å². The number of sulfonamides is 1. The Hall–Kier alpha value is -3.69. The van der Waals surface area contributed by atoms with E-state index < -0.39 is 15.9 Å². The van der Waals surface area contributed by atoms with Crippen molar-refractivity contribution in [2.24, 2.45) is 0 Å². The number of carbonyl (C=O) groups excluding carboxylic acids is 1. The Balaban J connectivity index is 1.67. The molecule has 0 saturated heterocycles. The Morgan fingerprint density at radius 1 is 1.03 bits per heavy atom. The standard InChI is InChI=1S/C23H22N4O4S/c1-16-8-6-7-11-18(16)19-14-21(27(26-19)15-17-9-4-3-5-10-17)25-23(28)20-12-13-22(31-20)32(29,30)24-2/h3-14,24H,15H2,1-2H3,(H,25,28). The number of carbonyl (C=O) groups is 1. The van der Waals surface area contributed by atoms with E-state index in [1.54, 1.807) is 10.7 Å². The third kappa shape index (κ3) is 4.48. The van der Waals surface area contributed by atoms with E-state index in [4.69, 9.17) is 9.52 Å². The number of benzene rings is 2. The highest BCUT2D eigenvalue weighted by Crippen LogP contribution is 2.26. The topological polar surface area (TPSA) is 106 Å². The van der Waals surface area contributed by atoms with E-state index in [1.165, 1.54) is 19.2 Å². The minimum Gasteiger partial charge on any atom is -0.438 e. The lowest BCUT2D eigenvalue weighted by atomic mass is 10.1. The van der Waals surface area contributed by atoms with Gasteiger partial charge in [-0.2, -0.15) is 5.10 Å². The van der Waals surface area contributed by atoms with Gasteiger partial charge in [0.25, 0.3) is 15.9 Å². The van der Waals surface area contributed by atoms with Crippen LogP contribution in [0.15, 0.2) is 82.3 Å². The first kappa shape index (κ1) is 21.5. The Labute approximate surface area is 185 Å². The fourth-order valence-electron chi connectivity index (χ4n) is 3.25. The van der Waals surface area contributed by atoms with Crippen LogP contribution < -0.4 is 10.0 Å². The molecule has 0 spiro atoms. The number of hydrogen-bond acceptors (Lipinski definition) is 5. The van der Waals surface area contributed by atoms with Crippen molar-refractivity contribution in [3.63, 3.8) is 0 Å². The van der Waals surface area contributed by atoms with E-state index in [9.17, 15) is 13.2 Å². The predicted molar refractivity (Wildman–Crippen MR) is 121 cm³/mol. The van der Waals surface area contributed by atoms with E-state index in [0.29, 0.717) is 18.1 Å². The number of rotatable bonds is 7. The van der Waals surface area contributed by atoms with Crippen molar-refractivity contribution < 1.29 is 17.6 Å². The van der Waals surface area contributed by atoms with Crippen LogP contribution in [0, 0.1) is 6.92 Å². The molecule has 0 saturated carbocycles. The van der Waals surface area contributed by atoms with Gasteiger partial charge >= 0.3 is 0 Å². The number of furan rings is 1. The number of nitrogens with zero attached hydrogens (tertiary/aromatic N) is 2. The van der Waals surface area contributed by atoms with Crippen molar-refractivity contribution in [3.05, 3.63) is 89.7 Å². The Morgan fingerprint density at radius 3 is 2.47 bits per heavy atom. The van der Waals surface area contributed by atoms with Crippen molar-refractivity contribution in [3.8, 4) is 11.3 Å². The normalized spacial score (nSPS) is 11.4. The quantitative estimate of drug-likeness (QED) is 0.447. The average Bonchev–Trinajstić information content (AvgIpc) is 3.43. The lowest BCUT2D eigenvalue weighted by Gasteiger charge is -2.08. The van der Waals surface area contributed by atoms with Crippen molar-refractivity contribution in [2.75, 3.05) is 12.4 Å². The predicted octanol–water partition coefficient (Wildman–Crippen LogP) is 3.66. The van der Waals surface area contributed by atoms with E-state index in [1.807, 2.05) is 61.5 Å². The molecule has 0 radical (unpaired) electrons. The molecule has 2 heterocycles. The Bertz CT molecular complexity index is 1360. The first-order valence-corrected chi connectivity index (χ1v) is 11.4. The monoisotopic (exact) mass is 450 g/mol. The zero-order valence-electron chi connectivity index (χ0n) is 17.6. The van der Waals surface area contributed by atoms with Crippen molar-refractivity contribution in [1.29, 1.82) is 0 Å². The van der Waals surface area contributed by atoms with Gasteiger partial charge in [0, 0.05) is 11.6 Å². The number of anilines is 1. The van der Waals surface area contributed by atoms with Gasteiger partial charge < -0.3 is 9.73 Å². The lowest BCUT2D eigenvalue weighted by molar-refractivity contribution is 0.0990. The number of aromatic nitrogens is 2. The summed E-state index contributed by atoms with van der Waals surface area (Å²) in [6.07, 6.45) is 0. The van der Waals surface area contributed by atoms with Crippen LogP contribution in [-0.4, -0.2) is 31.2 Å². The van der Waals surface area contributed by atoms with Gasteiger partial charge in [0.1, 0.15) is 5.82 Å². The van der Waals surface area contributed by atoms with Gasteiger partial charge in [-0.15, -0.1) is 0 Å². The van der Waals surface area contributed by atoms with E-state index in [2.05, 4.69) is 10.0 Å². The molecule has 2 aromatic heterocycles. The maximum atomic E-state index is 12.8. The van der Waals surface area contributed by atoms with Crippen molar-refractivity contribution in [2.45, 2.75) is 18.6 Å². The Kier molecular flexibility index (Phi) is 5.93. The minimum atomic E-state index is -3.78. The summed E-state index contributed by atoms with van der Waals surface area (Å²) in [6.45, 7) is 2.44. The fraction of sp³-hybridized carbons (Fsp3) is 0.130. The highest BCUT2D eigenvalue weighted by atomic mass is 32.2. The molecule has 0 unspecified atom stereocenters. The van der Waals surface area contributed by atoms with Gasteiger partial charge in [0.2, 0.25) is 5.09 Å². The molecule has 0 aliphatic heterocycles. The van der Waals surface area contributed by atoms with E-state index in [0.717, 1.165) is 16.7 Å². The molecule has 0 aliphatic rings. The molecule has 0 fully saturated rings. The van der Waals surface area contributed by atoms with Gasteiger partial charge in [-0.05, 0) is 37.2 Å². The fourth-order valence-corrected chi connectivity index (χ4v) is 3.90. The molecule has 8 nitrogen and oxygen atoms in total. The smallest absolute Gasteiger partial charge is 0.292 e. The first-order chi connectivity index (χ1) is 15.4. The van der Waals surface area contributed by atoms with Gasteiger partial charge in [-0.1, -0.05) is 54.6 Å². The number of hydrogen-bond donors (Lipinski definition) is 2. The number of aryl methyl sites for hydroxylation is 1. The highest BCUT2D eigenvalue weighted by molar-refractivity contribution is 7.89. The number of amides is 1. The number of nitrogens with one attached hydrogen (secondary N) is 2. The van der Waals surface area contributed by atoms with Crippen LogP contribution in [0.25, 0.3) is 11.3 Å². The van der Waals surface area contributed by atoms with Crippen LogP contribution in [0.3, 0.4) is 0 Å². The van der Waals surface area contributed by atoms with Gasteiger partial charge in [0.05, 0.1) is 12.2 Å². The summed E-state index contributed by atoms with van der Waals surface area (Å²) >= 11 is 0. The molecule has 0 aliphatic carbocycles. The molecular formula is C23H22N4O4S. The summed E-state index contributed by atoms with van der Waals surface area (Å²) in [5.74, 6) is -0.233. The second-order valence-corrected chi connectivity index (χ2v) is 8.97. The largest absolute Gasteiger partial charge is 0.438 e. The molecule has 32 heavy (non-hydrogen) atoms. The molecule has 1 amide bonds. The van der Waals surface area contributed by atoms with E-state index in [-0.39, 0.29) is 10.9 Å². The summed E-state index contributed by atoms with van der Waals surface area (Å²) in [4.78, 5) is 12.8. The van der Waals surface area contributed by atoms with Crippen LogP contribution >= 0.6 is 0 Å². The second kappa shape index (κ2) is 8.81. The van der Waals surface area contributed by atoms with Crippen LogP contribution in [-0.2, 0) is 16.6 Å². The SMILES string of the molecule is CNS(=O)(=O)c1ccc(C(=O)Nc2cc(-c3ccccc3C)nn2Cc2ccccc2)o1. The van der Waals surface area contributed by atoms with Crippen molar-refractivity contribution >= 4 is 21.7 Å². The maximum Gasteiger partial charge on any atom is 0.292 e. The van der Waals surface area contributed by atoms with E-state index >= 15 is 0 Å². The lowest BCUT2D eigenvalue weighted by Crippen LogP contribution is -2.18. The molecule has 0 atom stereocenters. The summed E-state index contributed by atoms with van der Waals surface area (Å²) in [5, 5.41) is 7.17. The van der Waals surface area contributed by atoms with Crippen molar-refractivity contribution in [1.82, 2.24) is 14.5 Å². The van der Waals surface area contributed by atoms with Crippen LogP contribution in [0.5, 0.6) is 0 Å². The second-order valence-electron chi connectivity index (χ2n) is 7.15. The zero-order chi connectivity index (χ0) is 22.7. The molecule has 0 bridgehead atoms. The summed E-state index contributed by atoms with van der Waals surface area (Å²) in [7, 11) is -2.51. The molecule has 164 valence electrons. The molecule has 9 heteroatoms. The third-order valence-electron chi connectivity index (χ3n) is 4.96. The Morgan fingerprint density at radius 2 is 1.75 bits per heavy atom. The molecule has 4 rings (SSSR count). The maximum absolute atomic E-state index is 12.8. The zero-order valence-corrected chi connectivity index (χ0v) is 18.4. The van der Waals surface area contributed by atoms with Gasteiger partial charge in [0.15, 0.2) is 5.76 Å². The molecule has 2 N–H and O–H groups in total. The molecule has 2 aromatic carbocycles. The summed E-state index contributed by atoms with van der Waals surface area (Å²) < 4.78 is 32.9. The third-order valence-corrected chi connectivity index (χ3v) is 6.24. The van der Waals surface area contributed by atoms with Crippen LogP contribution in [0.1, 0.15) is 21.7 Å². The molecular weight excluding hydrogens is 428 g/mol. The van der Waals surface area contributed by atoms with Crippen LogP contribution in [0.2, 0.25) is 0 Å². The van der Waals surface area contributed by atoms with Crippen LogP contribution in [0.4, 0.5) is 5.82 Å². The minimum absolute atomic E-state index is 0.122. The summed E-state index contributed by atoms with van der Waals surface area (Å²) in [5.41, 5.74) is 3.74. The van der Waals surface area contributed by atoms with Gasteiger partial charge in [-0.25, -0.2) is 17.8 Å². The summed E-state index contributed by atoms with van der Waals surface area (Å²) in [6, 6.07) is 22.0. The highest BCUT2D eigenvalue weighted by Gasteiger charge is 2.21. The molecule has 4 aromatic rings. The first-order valence-electron chi connectivity index (χ1n) is 9.90. The average molecular weight is 451 g/mol.